The molecule has 2 rings (SSSR count). The molecule has 1 aliphatic heterocycles. The molecule has 1 aromatic rings. The van der Waals surface area contributed by atoms with Gasteiger partial charge in [0, 0.05) is 5.02 Å². The molecule has 5 heteroatoms. The SMILES string of the molecule is O=S1(=O)Oc2ccc(Cl)cc21. The van der Waals surface area contributed by atoms with Gasteiger partial charge in [0.2, 0.25) is 0 Å². The highest BCUT2D eigenvalue weighted by molar-refractivity contribution is 7.88. The van der Waals surface area contributed by atoms with E-state index in [0.717, 1.165) is 0 Å². The van der Waals surface area contributed by atoms with Crippen LogP contribution in [0.15, 0.2) is 23.1 Å². The second-order valence-electron chi connectivity index (χ2n) is 2.13. The first-order valence-corrected chi connectivity index (χ1v) is 4.62. The Bertz CT molecular complexity index is 410. The van der Waals surface area contributed by atoms with Crippen molar-refractivity contribution in [1.82, 2.24) is 0 Å². The van der Waals surface area contributed by atoms with Crippen LogP contribution < -0.4 is 4.18 Å². The minimum atomic E-state index is -3.45. The maximum Gasteiger partial charge on any atom is 0.343 e. The Morgan fingerprint density at radius 1 is 1.36 bits per heavy atom. The molecule has 0 spiro atoms. The van der Waals surface area contributed by atoms with E-state index in [0.29, 0.717) is 10.8 Å². The van der Waals surface area contributed by atoms with Crippen LogP contribution in [0.5, 0.6) is 5.75 Å². The van der Waals surface area contributed by atoms with Crippen LogP contribution in [0.4, 0.5) is 0 Å². The van der Waals surface area contributed by atoms with Gasteiger partial charge in [0.05, 0.1) is 0 Å². The van der Waals surface area contributed by atoms with Crippen LogP contribution in [0, 0.1) is 0 Å². The summed E-state index contributed by atoms with van der Waals surface area (Å²) in [6.45, 7) is 0. The highest BCUT2D eigenvalue weighted by Gasteiger charge is 2.32. The lowest BCUT2D eigenvalue weighted by Crippen LogP contribution is -2.20. The van der Waals surface area contributed by atoms with Crippen molar-refractivity contribution in [3.05, 3.63) is 23.2 Å². The van der Waals surface area contributed by atoms with Crippen molar-refractivity contribution in [3.8, 4) is 5.75 Å². The van der Waals surface area contributed by atoms with Gasteiger partial charge in [-0.3, -0.25) is 0 Å². The fourth-order valence-corrected chi connectivity index (χ4v) is 2.09. The Balaban J connectivity index is 2.72. The summed E-state index contributed by atoms with van der Waals surface area (Å²) < 4.78 is 26.0. The fourth-order valence-electron chi connectivity index (χ4n) is 0.875. The van der Waals surface area contributed by atoms with Crippen LogP contribution in [0.1, 0.15) is 0 Å². The van der Waals surface area contributed by atoms with E-state index in [-0.39, 0.29) is 4.90 Å². The molecular weight excluding hydrogens is 188 g/mol. The smallest absolute Gasteiger partial charge is 0.343 e. The lowest BCUT2D eigenvalue weighted by Gasteiger charge is -2.18. The molecule has 1 aromatic carbocycles. The standard InChI is InChI=1S/C6H3ClO3S/c7-4-1-2-5-6(3-4)11(8,9)10-5/h1-3H. The maximum atomic E-state index is 10.8. The van der Waals surface area contributed by atoms with Crippen molar-refractivity contribution in [2.75, 3.05) is 0 Å². The minimum absolute atomic E-state index is 0.171. The topological polar surface area (TPSA) is 43.4 Å². The molecule has 1 heterocycles. The van der Waals surface area contributed by atoms with Gasteiger partial charge < -0.3 is 4.18 Å². The Hall–Kier alpha value is -0.740. The summed E-state index contributed by atoms with van der Waals surface area (Å²) in [6, 6.07) is 4.48. The van der Waals surface area contributed by atoms with Gasteiger partial charge in [-0.25, -0.2) is 0 Å². The average Bonchev–Trinajstić information content (AvgIpc) is 1.92. The Morgan fingerprint density at radius 3 is 2.64 bits per heavy atom. The predicted octanol–water partition coefficient (Wildman–Crippen LogP) is 1.42. The molecule has 0 fully saturated rings. The summed E-state index contributed by atoms with van der Waals surface area (Å²) in [5, 5.41) is 0.399. The lowest BCUT2D eigenvalue weighted by atomic mass is 10.3. The number of halogens is 1. The third-order valence-electron chi connectivity index (χ3n) is 1.37. The van der Waals surface area contributed by atoms with E-state index < -0.39 is 10.1 Å². The van der Waals surface area contributed by atoms with E-state index in [2.05, 4.69) is 4.18 Å². The Morgan fingerprint density at radius 2 is 2.09 bits per heavy atom. The van der Waals surface area contributed by atoms with Gasteiger partial charge in [-0.15, -0.1) is 0 Å². The largest absolute Gasteiger partial charge is 0.377 e. The zero-order chi connectivity index (χ0) is 8.06. The molecule has 3 nitrogen and oxygen atoms in total. The molecule has 0 aliphatic carbocycles. The predicted molar refractivity (Wildman–Crippen MR) is 39.3 cm³/mol. The van der Waals surface area contributed by atoms with Crippen molar-refractivity contribution >= 4 is 21.7 Å². The average molecular weight is 191 g/mol. The number of benzene rings is 1. The van der Waals surface area contributed by atoms with E-state index in [4.69, 9.17) is 11.6 Å². The van der Waals surface area contributed by atoms with Gasteiger partial charge in [-0.1, -0.05) is 11.6 Å². The van der Waals surface area contributed by atoms with Gasteiger partial charge >= 0.3 is 10.1 Å². The molecule has 0 amide bonds. The monoisotopic (exact) mass is 190 g/mol. The molecule has 0 atom stereocenters. The van der Waals surface area contributed by atoms with E-state index in [9.17, 15) is 8.42 Å². The van der Waals surface area contributed by atoms with E-state index in [1.165, 1.54) is 12.1 Å². The second kappa shape index (κ2) is 1.89. The van der Waals surface area contributed by atoms with Crippen molar-refractivity contribution < 1.29 is 12.6 Å². The first-order valence-electron chi connectivity index (χ1n) is 2.84. The molecule has 0 unspecified atom stereocenters. The minimum Gasteiger partial charge on any atom is -0.377 e. The number of rotatable bonds is 0. The van der Waals surface area contributed by atoms with Crippen molar-refractivity contribution in [1.29, 1.82) is 0 Å². The first kappa shape index (κ1) is 6.94. The van der Waals surface area contributed by atoms with E-state index >= 15 is 0 Å². The molecule has 0 N–H and O–H groups in total. The summed E-state index contributed by atoms with van der Waals surface area (Å²) >= 11 is 5.56. The van der Waals surface area contributed by atoms with Gasteiger partial charge in [0.25, 0.3) is 0 Å². The molecule has 0 bridgehead atoms. The third-order valence-corrected chi connectivity index (χ3v) is 2.87. The van der Waals surface area contributed by atoms with Gasteiger partial charge in [0.15, 0.2) is 10.6 Å². The Kier molecular flexibility index (Phi) is 1.20. The second-order valence-corrected chi connectivity index (χ2v) is 4.08. The summed E-state index contributed by atoms with van der Waals surface area (Å²) in [5.41, 5.74) is 0. The summed E-state index contributed by atoms with van der Waals surface area (Å²) in [6.07, 6.45) is 0. The Labute approximate surface area is 68.7 Å². The van der Waals surface area contributed by atoms with E-state index in [1.807, 2.05) is 0 Å². The van der Waals surface area contributed by atoms with Gasteiger partial charge in [0.1, 0.15) is 0 Å². The van der Waals surface area contributed by atoms with Crippen LogP contribution in [0.25, 0.3) is 0 Å². The van der Waals surface area contributed by atoms with Gasteiger partial charge in [-0.2, -0.15) is 8.42 Å². The fraction of sp³-hybridized carbons (Fsp3) is 0. The van der Waals surface area contributed by atoms with E-state index in [1.54, 1.807) is 6.07 Å². The normalized spacial score (nSPS) is 17.9. The quantitative estimate of drug-likeness (QED) is 0.582. The van der Waals surface area contributed by atoms with Crippen molar-refractivity contribution in [2.24, 2.45) is 0 Å². The van der Waals surface area contributed by atoms with Crippen LogP contribution in [0.3, 0.4) is 0 Å². The molecule has 11 heavy (non-hydrogen) atoms. The number of hydrogen-bond acceptors (Lipinski definition) is 3. The molecule has 0 aromatic heterocycles. The van der Waals surface area contributed by atoms with Crippen LogP contribution in [0.2, 0.25) is 5.02 Å². The van der Waals surface area contributed by atoms with Crippen LogP contribution in [-0.2, 0) is 10.1 Å². The van der Waals surface area contributed by atoms with Crippen LogP contribution in [-0.4, -0.2) is 8.42 Å². The third kappa shape index (κ3) is 0.902. The molecule has 0 saturated carbocycles. The molecule has 58 valence electrons. The maximum absolute atomic E-state index is 10.8. The molecule has 0 saturated heterocycles. The van der Waals surface area contributed by atoms with Gasteiger partial charge in [-0.05, 0) is 18.2 Å². The number of hydrogen-bond donors (Lipinski definition) is 0. The summed E-state index contributed by atoms with van der Waals surface area (Å²) in [5.74, 6) is 0.370. The first-order chi connectivity index (χ1) is 5.09. The molecule has 0 radical (unpaired) electrons. The summed E-state index contributed by atoms with van der Waals surface area (Å²) in [7, 11) is -3.45. The molecular formula is C6H3ClO3S. The zero-order valence-electron chi connectivity index (χ0n) is 5.24. The zero-order valence-corrected chi connectivity index (χ0v) is 6.82. The lowest BCUT2D eigenvalue weighted by molar-refractivity contribution is 0.442. The highest BCUT2D eigenvalue weighted by atomic mass is 35.5. The summed E-state index contributed by atoms with van der Waals surface area (Å²) in [4.78, 5) is 0.171. The highest BCUT2D eigenvalue weighted by Crippen LogP contribution is 2.37. The molecule has 1 aliphatic rings. The van der Waals surface area contributed by atoms with Crippen molar-refractivity contribution in [2.45, 2.75) is 4.90 Å². The van der Waals surface area contributed by atoms with Crippen molar-refractivity contribution in [3.63, 3.8) is 0 Å². The number of fused-ring (bicyclic) bond motifs is 1. The van der Waals surface area contributed by atoms with Crippen LogP contribution >= 0.6 is 11.6 Å².